The van der Waals surface area contributed by atoms with Gasteiger partial charge in [-0.25, -0.2) is 9.18 Å². The van der Waals surface area contributed by atoms with E-state index in [4.69, 9.17) is 17.0 Å². The summed E-state index contributed by atoms with van der Waals surface area (Å²) in [6.07, 6.45) is 1.84. The van der Waals surface area contributed by atoms with Gasteiger partial charge in [-0.15, -0.1) is 0 Å². The maximum absolute atomic E-state index is 14.1. The fourth-order valence-electron chi connectivity index (χ4n) is 5.36. The zero-order valence-corrected chi connectivity index (χ0v) is 23.7. The largest absolute Gasteiger partial charge is 0.465 e. The first-order valence-corrected chi connectivity index (χ1v) is 13.6. The number of benzene rings is 2. The van der Waals surface area contributed by atoms with Gasteiger partial charge >= 0.3 is 5.97 Å². The molecular weight excluding hydrogens is 541 g/mol. The van der Waals surface area contributed by atoms with Gasteiger partial charge in [0.05, 0.1) is 36.1 Å². The number of carbonyl (C=O) groups is 2. The smallest absolute Gasteiger partial charge is 0.337 e. The Balaban J connectivity index is 1.49. The Hall–Kier alpha value is -4.57. The molecule has 1 amide bonds. The third-order valence-electron chi connectivity index (χ3n) is 7.24. The van der Waals surface area contributed by atoms with Gasteiger partial charge in [-0.3, -0.25) is 9.78 Å². The number of methoxy groups -OCH3 is 1. The molecule has 0 aliphatic carbocycles. The van der Waals surface area contributed by atoms with Crippen LogP contribution in [0.1, 0.15) is 51.5 Å². The number of aryl methyl sites for hydroxylation is 1. The van der Waals surface area contributed by atoms with Gasteiger partial charge in [0.25, 0.3) is 0 Å². The van der Waals surface area contributed by atoms with Gasteiger partial charge in [0.15, 0.2) is 5.11 Å². The van der Waals surface area contributed by atoms with Crippen molar-refractivity contribution in [1.29, 1.82) is 0 Å². The molecule has 4 aromatic rings. The number of pyridine rings is 1. The Bertz CT molecular complexity index is 1610. The van der Waals surface area contributed by atoms with E-state index in [1.807, 2.05) is 49.1 Å². The first-order chi connectivity index (χ1) is 19.8. The van der Waals surface area contributed by atoms with Crippen molar-refractivity contribution in [2.75, 3.05) is 19.0 Å². The molecule has 3 heterocycles. The van der Waals surface area contributed by atoms with Gasteiger partial charge in [0, 0.05) is 36.2 Å². The number of anilines is 1. The molecule has 0 saturated carbocycles. The van der Waals surface area contributed by atoms with E-state index in [1.54, 1.807) is 30.5 Å². The minimum absolute atomic E-state index is 0.0987. The lowest BCUT2D eigenvalue weighted by molar-refractivity contribution is -0.116. The Morgan fingerprint density at radius 1 is 1.07 bits per heavy atom. The molecule has 0 spiro atoms. The third-order valence-corrected chi connectivity index (χ3v) is 7.59. The van der Waals surface area contributed by atoms with Crippen molar-refractivity contribution in [3.63, 3.8) is 0 Å². The van der Waals surface area contributed by atoms with Gasteiger partial charge in [0.1, 0.15) is 5.82 Å². The maximum Gasteiger partial charge on any atom is 0.337 e. The highest BCUT2D eigenvalue weighted by Gasteiger charge is 2.41. The quantitative estimate of drug-likeness (QED) is 0.216. The van der Waals surface area contributed by atoms with Crippen molar-refractivity contribution in [2.24, 2.45) is 0 Å². The number of esters is 1. The van der Waals surface area contributed by atoms with Crippen LogP contribution in [0.3, 0.4) is 0 Å². The molecular formula is C31H30FN5O3S. The summed E-state index contributed by atoms with van der Waals surface area (Å²) in [7, 11) is 1.36. The molecule has 10 heteroatoms. The van der Waals surface area contributed by atoms with E-state index in [-0.39, 0.29) is 30.1 Å². The van der Waals surface area contributed by atoms with Crippen molar-refractivity contribution >= 4 is 34.9 Å². The van der Waals surface area contributed by atoms with Crippen molar-refractivity contribution in [3.05, 3.63) is 113 Å². The van der Waals surface area contributed by atoms with Gasteiger partial charge in [-0.2, -0.15) is 0 Å². The van der Waals surface area contributed by atoms with Gasteiger partial charge < -0.3 is 24.8 Å². The molecule has 0 radical (unpaired) electrons. The fraction of sp³-hybridized carbons (Fsp3) is 0.226. The molecule has 2 atom stereocenters. The lowest BCUT2D eigenvalue weighted by atomic mass is 9.96. The summed E-state index contributed by atoms with van der Waals surface area (Å²) in [5.74, 6) is -1.21. The van der Waals surface area contributed by atoms with E-state index in [9.17, 15) is 14.0 Å². The number of carbonyl (C=O) groups excluding carboxylic acids is 2. The van der Waals surface area contributed by atoms with Gasteiger partial charge in [-0.05, 0) is 80.2 Å². The third kappa shape index (κ3) is 5.69. The Morgan fingerprint density at radius 2 is 1.85 bits per heavy atom. The van der Waals surface area contributed by atoms with Crippen molar-refractivity contribution in [2.45, 2.75) is 32.4 Å². The highest BCUT2D eigenvalue weighted by atomic mass is 32.1. The summed E-state index contributed by atoms with van der Waals surface area (Å²) in [6, 6.07) is 20.6. The number of amides is 1. The predicted molar refractivity (Wildman–Crippen MR) is 158 cm³/mol. The standard InChI is InChI=1S/C31H30FN5O3S/c1-19-17-23(20(2)37(19)22-10-8-9-21(18-22)30(39)40-3)29-28(26-13-6-7-15-33-26)35-31(41)36(29)16-14-27(38)34-25-12-5-4-11-24(25)32/h4-13,15,17-18,28-29H,14,16H2,1-3H3,(H,34,38)(H,35,41)/t28-,29-/m1/s1. The van der Waals surface area contributed by atoms with Crippen LogP contribution in [0, 0.1) is 19.7 Å². The number of para-hydroxylation sites is 1. The number of ether oxygens (including phenoxy) is 1. The second-order valence-electron chi connectivity index (χ2n) is 9.80. The number of hydrogen-bond donors (Lipinski definition) is 2. The molecule has 210 valence electrons. The van der Waals surface area contributed by atoms with Gasteiger partial charge in [0.2, 0.25) is 5.91 Å². The fourth-order valence-corrected chi connectivity index (χ4v) is 5.69. The van der Waals surface area contributed by atoms with E-state index in [0.717, 1.165) is 28.3 Å². The number of aromatic nitrogens is 2. The van der Waals surface area contributed by atoms with Crippen LogP contribution >= 0.6 is 12.2 Å². The van der Waals surface area contributed by atoms with E-state index in [1.165, 1.54) is 19.2 Å². The Kier molecular flexibility index (Phi) is 8.11. The van der Waals surface area contributed by atoms with E-state index in [2.05, 4.69) is 26.3 Å². The first-order valence-electron chi connectivity index (χ1n) is 13.2. The molecule has 41 heavy (non-hydrogen) atoms. The molecule has 5 rings (SSSR count). The minimum Gasteiger partial charge on any atom is -0.465 e. The SMILES string of the molecule is COC(=O)c1cccc(-n2c(C)cc([C@@H]3[C@@H](c4ccccn4)NC(=S)N3CCC(=O)Nc3ccccc3F)c2C)c1. The number of halogens is 1. The molecule has 0 unspecified atom stereocenters. The number of nitrogens with zero attached hydrogens (tertiary/aromatic N) is 3. The summed E-state index contributed by atoms with van der Waals surface area (Å²) in [5, 5.41) is 6.57. The van der Waals surface area contributed by atoms with Crippen molar-refractivity contribution < 1.29 is 18.7 Å². The molecule has 2 aromatic heterocycles. The lowest BCUT2D eigenvalue weighted by Crippen LogP contribution is -2.33. The van der Waals surface area contributed by atoms with Crippen LogP contribution in [-0.4, -0.2) is 45.1 Å². The average Bonchev–Trinajstić information content (AvgIpc) is 3.47. The second kappa shape index (κ2) is 11.9. The normalized spacial score (nSPS) is 16.4. The molecule has 1 saturated heterocycles. The molecule has 8 nitrogen and oxygen atoms in total. The van der Waals surface area contributed by atoms with Gasteiger partial charge in [-0.1, -0.05) is 24.3 Å². The predicted octanol–water partition coefficient (Wildman–Crippen LogP) is 5.42. The Morgan fingerprint density at radius 3 is 2.59 bits per heavy atom. The summed E-state index contributed by atoms with van der Waals surface area (Å²) < 4.78 is 21.1. The average molecular weight is 572 g/mol. The maximum atomic E-state index is 14.1. The van der Waals surface area contributed by atoms with Crippen LogP contribution in [-0.2, 0) is 9.53 Å². The molecule has 2 N–H and O–H groups in total. The van der Waals surface area contributed by atoms with Crippen molar-refractivity contribution in [3.8, 4) is 5.69 Å². The number of rotatable bonds is 8. The van der Waals surface area contributed by atoms with Crippen LogP contribution in [0.5, 0.6) is 0 Å². The molecule has 0 bridgehead atoms. The summed E-state index contributed by atoms with van der Waals surface area (Å²) in [4.78, 5) is 31.6. The molecule has 1 fully saturated rings. The number of hydrogen-bond acceptors (Lipinski definition) is 5. The zero-order chi connectivity index (χ0) is 29.1. The van der Waals surface area contributed by atoms with Crippen LogP contribution in [0.15, 0.2) is 79.0 Å². The second-order valence-corrected chi connectivity index (χ2v) is 10.2. The van der Waals surface area contributed by atoms with Crippen LogP contribution in [0.4, 0.5) is 10.1 Å². The summed E-state index contributed by atoms with van der Waals surface area (Å²) in [5.41, 5.74) is 5.17. The Labute approximate surface area is 243 Å². The molecule has 1 aliphatic heterocycles. The highest BCUT2D eigenvalue weighted by Crippen LogP contribution is 2.41. The first kappa shape index (κ1) is 28.0. The van der Waals surface area contributed by atoms with Crippen LogP contribution in [0.25, 0.3) is 5.69 Å². The summed E-state index contributed by atoms with van der Waals surface area (Å²) >= 11 is 5.77. The lowest BCUT2D eigenvalue weighted by Gasteiger charge is -2.28. The van der Waals surface area contributed by atoms with E-state index in [0.29, 0.717) is 17.2 Å². The van der Waals surface area contributed by atoms with Crippen LogP contribution < -0.4 is 10.6 Å². The minimum atomic E-state index is -0.490. The van der Waals surface area contributed by atoms with E-state index >= 15 is 0 Å². The molecule has 1 aliphatic rings. The number of nitrogens with one attached hydrogen (secondary N) is 2. The highest BCUT2D eigenvalue weighted by molar-refractivity contribution is 7.80. The monoisotopic (exact) mass is 571 g/mol. The van der Waals surface area contributed by atoms with Crippen LogP contribution in [0.2, 0.25) is 0 Å². The topological polar surface area (TPSA) is 88.5 Å². The molecule has 2 aromatic carbocycles. The van der Waals surface area contributed by atoms with Crippen molar-refractivity contribution in [1.82, 2.24) is 19.8 Å². The number of thiocarbonyl (C=S) groups is 1. The summed E-state index contributed by atoms with van der Waals surface area (Å²) in [6.45, 7) is 4.33. The van der Waals surface area contributed by atoms with E-state index < -0.39 is 11.8 Å². The zero-order valence-electron chi connectivity index (χ0n) is 22.9.